The maximum absolute atomic E-state index is 9.50. The molecule has 0 saturated carbocycles. The number of rotatable bonds is 4. The third-order valence-electron chi connectivity index (χ3n) is 3.64. The maximum atomic E-state index is 9.50. The summed E-state index contributed by atoms with van der Waals surface area (Å²) in [5.74, 6) is 6.16. The van der Waals surface area contributed by atoms with E-state index in [9.17, 15) is 5.11 Å². The number of anilines is 2. The fourth-order valence-electron chi connectivity index (χ4n) is 2.44. The number of nitrogens with zero attached hydrogens (tertiary/aromatic N) is 5. The predicted molar refractivity (Wildman–Crippen MR) is 95.1 cm³/mol. The topological polar surface area (TPSA) is 135 Å². The Morgan fingerprint density at radius 1 is 0.962 bits per heavy atom. The van der Waals surface area contributed by atoms with Crippen molar-refractivity contribution in [2.75, 3.05) is 5.32 Å². The van der Waals surface area contributed by atoms with E-state index < -0.39 is 0 Å². The van der Waals surface area contributed by atoms with Crippen molar-refractivity contribution in [3.05, 3.63) is 65.9 Å². The number of aromatic hydroxyl groups is 1. The number of phenols is 1. The third kappa shape index (κ3) is 2.88. The van der Waals surface area contributed by atoms with E-state index >= 15 is 0 Å². The van der Waals surface area contributed by atoms with Gasteiger partial charge in [-0.2, -0.15) is 5.10 Å². The molecule has 2 aromatic carbocycles. The molecule has 0 amide bonds. The summed E-state index contributed by atoms with van der Waals surface area (Å²) in [6.07, 6.45) is 0. The first-order valence-electron chi connectivity index (χ1n) is 7.64. The van der Waals surface area contributed by atoms with Gasteiger partial charge in [0.1, 0.15) is 17.2 Å². The molecule has 0 unspecified atom stereocenters. The van der Waals surface area contributed by atoms with E-state index in [0.29, 0.717) is 22.8 Å². The first kappa shape index (κ1) is 15.5. The first-order chi connectivity index (χ1) is 12.7. The summed E-state index contributed by atoms with van der Waals surface area (Å²) < 4.78 is 4.70. The van der Waals surface area contributed by atoms with Crippen LogP contribution in [0.25, 0.3) is 11.3 Å². The highest BCUT2D eigenvalue weighted by atomic mass is 16.6. The van der Waals surface area contributed by atoms with Crippen molar-refractivity contribution in [2.45, 2.75) is 0 Å². The van der Waals surface area contributed by atoms with Crippen molar-refractivity contribution in [3.8, 4) is 5.75 Å². The Hall–Kier alpha value is -4.01. The standard InChI is InChI=1S/C17H13N7O2/c18-22-13(10-6-8-12(25)9-7-10)14-15(19-11-4-2-1-3-5-11)21-17-16(20-14)23-26-24-17/h1-9,25H,18H2,(H,19,21,24)/b22-13+. The molecule has 26 heavy (non-hydrogen) atoms. The average Bonchev–Trinajstić information content (AvgIpc) is 3.12. The molecule has 128 valence electrons. The lowest BCUT2D eigenvalue weighted by atomic mass is 10.1. The molecule has 9 nitrogen and oxygen atoms in total. The minimum absolute atomic E-state index is 0.134. The van der Waals surface area contributed by atoms with Crippen molar-refractivity contribution in [2.24, 2.45) is 10.9 Å². The zero-order valence-corrected chi connectivity index (χ0v) is 13.4. The highest BCUT2D eigenvalue weighted by Gasteiger charge is 2.19. The van der Waals surface area contributed by atoms with Crippen LogP contribution < -0.4 is 11.2 Å². The van der Waals surface area contributed by atoms with Gasteiger partial charge in [0.15, 0.2) is 5.82 Å². The molecule has 0 bridgehead atoms. The molecule has 0 radical (unpaired) electrons. The highest BCUT2D eigenvalue weighted by Crippen LogP contribution is 2.23. The second kappa shape index (κ2) is 6.48. The monoisotopic (exact) mass is 347 g/mol. The van der Waals surface area contributed by atoms with E-state index in [2.05, 4.69) is 30.7 Å². The minimum Gasteiger partial charge on any atom is -0.508 e. The van der Waals surface area contributed by atoms with Gasteiger partial charge in [0, 0.05) is 11.3 Å². The van der Waals surface area contributed by atoms with Gasteiger partial charge in [0.2, 0.25) is 11.3 Å². The molecule has 2 heterocycles. The van der Waals surface area contributed by atoms with Gasteiger partial charge in [0.05, 0.1) is 0 Å². The number of hydrogen-bond acceptors (Lipinski definition) is 9. The van der Waals surface area contributed by atoms with Crippen LogP contribution >= 0.6 is 0 Å². The number of nitrogens with one attached hydrogen (secondary N) is 1. The molecule has 0 spiro atoms. The molecule has 0 saturated heterocycles. The summed E-state index contributed by atoms with van der Waals surface area (Å²) in [4.78, 5) is 8.85. The van der Waals surface area contributed by atoms with Crippen LogP contribution in [0.4, 0.5) is 11.5 Å². The van der Waals surface area contributed by atoms with Crippen molar-refractivity contribution in [1.29, 1.82) is 0 Å². The van der Waals surface area contributed by atoms with Gasteiger partial charge >= 0.3 is 0 Å². The van der Waals surface area contributed by atoms with E-state index in [4.69, 9.17) is 10.5 Å². The summed E-state index contributed by atoms with van der Waals surface area (Å²) in [5, 5.41) is 24.0. The fourth-order valence-corrected chi connectivity index (χ4v) is 2.44. The van der Waals surface area contributed by atoms with Crippen molar-refractivity contribution >= 4 is 28.5 Å². The Balaban J connectivity index is 1.86. The molecule has 2 aromatic heterocycles. The van der Waals surface area contributed by atoms with Crippen molar-refractivity contribution in [1.82, 2.24) is 20.3 Å². The molecule has 4 N–H and O–H groups in total. The summed E-state index contributed by atoms with van der Waals surface area (Å²) in [6, 6.07) is 15.9. The van der Waals surface area contributed by atoms with Crippen LogP contribution in [-0.2, 0) is 0 Å². The summed E-state index contributed by atoms with van der Waals surface area (Å²) in [7, 11) is 0. The lowest BCUT2D eigenvalue weighted by molar-refractivity contribution is 0.314. The second-order valence-electron chi connectivity index (χ2n) is 5.35. The third-order valence-corrected chi connectivity index (χ3v) is 3.64. The molecular weight excluding hydrogens is 334 g/mol. The molecular formula is C17H13N7O2. The number of nitrogens with two attached hydrogens (primary N) is 1. The minimum atomic E-state index is 0.134. The van der Waals surface area contributed by atoms with E-state index in [1.54, 1.807) is 12.1 Å². The lowest BCUT2D eigenvalue weighted by Crippen LogP contribution is -2.13. The Bertz CT molecular complexity index is 1080. The number of fused-ring (bicyclic) bond motifs is 1. The average molecular weight is 347 g/mol. The molecule has 4 aromatic rings. The van der Waals surface area contributed by atoms with Gasteiger partial charge in [-0.05, 0) is 46.7 Å². The van der Waals surface area contributed by atoms with E-state index in [0.717, 1.165) is 5.69 Å². The van der Waals surface area contributed by atoms with Gasteiger partial charge < -0.3 is 16.3 Å². The Morgan fingerprint density at radius 3 is 2.35 bits per heavy atom. The molecule has 0 atom stereocenters. The first-order valence-corrected chi connectivity index (χ1v) is 7.64. The van der Waals surface area contributed by atoms with Gasteiger partial charge in [0.25, 0.3) is 0 Å². The Labute approximate surface area is 147 Å². The molecule has 9 heteroatoms. The van der Waals surface area contributed by atoms with Crippen LogP contribution in [0, 0.1) is 0 Å². The van der Waals surface area contributed by atoms with Crippen LogP contribution in [0.1, 0.15) is 11.3 Å². The van der Waals surface area contributed by atoms with E-state index in [1.165, 1.54) is 12.1 Å². The number of hydrogen-bond donors (Lipinski definition) is 3. The molecule has 0 aliphatic carbocycles. The van der Waals surface area contributed by atoms with E-state index in [-0.39, 0.29) is 17.0 Å². The number of hydrazone groups is 1. The van der Waals surface area contributed by atoms with Gasteiger partial charge in [-0.3, -0.25) is 0 Å². The van der Waals surface area contributed by atoms with Crippen LogP contribution in [0.15, 0.2) is 64.3 Å². The number of phenolic OH excluding ortho intramolecular Hbond substituents is 1. The smallest absolute Gasteiger partial charge is 0.245 e. The Kier molecular flexibility index (Phi) is 3.86. The summed E-state index contributed by atoms with van der Waals surface area (Å²) in [5.41, 5.74) is 2.71. The Morgan fingerprint density at radius 2 is 1.65 bits per heavy atom. The van der Waals surface area contributed by atoms with Crippen LogP contribution in [0.2, 0.25) is 0 Å². The maximum Gasteiger partial charge on any atom is 0.245 e. The number of benzene rings is 2. The highest BCUT2D eigenvalue weighted by molar-refractivity contribution is 6.14. The second-order valence-corrected chi connectivity index (χ2v) is 5.35. The van der Waals surface area contributed by atoms with Crippen molar-refractivity contribution < 1.29 is 9.74 Å². The number of para-hydroxylation sites is 1. The normalized spacial score (nSPS) is 11.6. The molecule has 0 fully saturated rings. The van der Waals surface area contributed by atoms with Crippen LogP contribution in [0.5, 0.6) is 5.75 Å². The fraction of sp³-hybridized carbons (Fsp3) is 0. The lowest BCUT2D eigenvalue weighted by Gasteiger charge is -2.11. The SMILES string of the molecule is N/N=C(\c1ccc(O)cc1)c1nc2nonc2nc1Nc1ccccc1. The van der Waals surface area contributed by atoms with Gasteiger partial charge in [-0.15, -0.1) is 0 Å². The van der Waals surface area contributed by atoms with Crippen LogP contribution in [-0.4, -0.2) is 31.1 Å². The summed E-state index contributed by atoms with van der Waals surface area (Å²) in [6.45, 7) is 0. The quantitative estimate of drug-likeness (QED) is 0.290. The molecule has 0 aliphatic rings. The zero-order valence-electron chi connectivity index (χ0n) is 13.4. The van der Waals surface area contributed by atoms with Gasteiger partial charge in [-0.25, -0.2) is 14.6 Å². The zero-order chi connectivity index (χ0) is 17.9. The van der Waals surface area contributed by atoms with Crippen LogP contribution in [0.3, 0.4) is 0 Å². The number of aromatic nitrogens is 4. The van der Waals surface area contributed by atoms with Crippen molar-refractivity contribution in [3.63, 3.8) is 0 Å². The van der Waals surface area contributed by atoms with E-state index in [1.807, 2.05) is 30.3 Å². The predicted octanol–water partition coefficient (Wildman–Crippen LogP) is 2.17. The van der Waals surface area contributed by atoms with Gasteiger partial charge in [-0.1, -0.05) is 18.2 Å². The molecule has 0 aliphatic heterocycles. The largest absolute Gasteiger partial charge is 0.508 e. The summed E-state index contributed by atoms with van der Waals surface area (Å²) >= 11 is 0. The molecule has 4 rings (SSSR count).